The number of hydrogen-bond acceptors (Lipinski definition) is 2. The highest BCUT2D eigenvalue weighted by Crippen LogP contribution is 2.22. The summed E-state index contributed by atoms with van der Waals surface area (Å²) < 4.78 is 0. The third-order valence-corrected chi connectivity index (χ3v) is 4.74. The molecule has 3 nitrogen and oxygen atoms in total. The quantitative estimate of drug-likeness (QED) is 0.929. The van der Waals surface area contributed by atoms with Crippen LogP contribution in [0.15, 0.2) is 24.3 Å². The van der Waals surface area contributed by atoms with Crippen molar-refractivity contribution in [1.82, 2.24) is 10.2 Å². The fraction of sp³-hybridized carbons (Fsp3) is 0.632. The summed E-state index contributed by atoms with van der Waals surface area (Å²) in [5.74, 6) is 0.703. The molecule has 1 aromatic carbocycles. The van der Waals surface area contributed by atoms with Crippen molar-refractivity contribution >= 4 is 5.91 Å². The van der Waals surface area contributed by atoms with Crippen molar-refractivity contribution in [3.63, 3.8) is 0 Å². The minimum absolute atomic E-state index is 0.197. The van der Waals surface area contributed by atoms with Crippen LogP contribution in [0, 0.1) is 5.92 Å². The molecule has 3 heteroatoms. The molecule has 1 fully saturated rings. The summed E-state index contributed by atoms with van der Waals surface area (Å²) in [6, 6.07) is 9.42. The highest BCUT2D eigenvalue weighted by atomic mass is 16.2. The first-order valence-electron chi connectivity index (χ1n) is 8.35. The van der Waals surface area contributed by atoms with Gasteiger partial charge < -0.3 is 10.2 Å². The topological polar surface area (TPSA) is 32.3 Å². The number of benzene rings is 1. The Labute approximate surface area is 135 Å². The van der Waals surface area contributed by atoms with Crippen LogP contribution in [-0.4, -0.2) is 29.9 Å². The molecule has 1 heterocycles. The van der Waals surface area contributed by atoms with Gasteiger partial charge in [-0.2, -0.15) is 0 Å². The van der Waals surface area contributed by atoms with Crippen molar-refractivity contribution in [3.05, 3.63) is 35.4 Å². The average molecular weight is 302 g/mol. The molecule has 0 spiro atoms. The highest BCUT2D eigenvalue weighted by molar-refractivity contribution is 5.73. The Morgan fingerprint density at radius 2 is 1.91 bits per heavy atom. The lowest BCUT2D eigenvalue weighted by molar-refractivity contribution is -0.130. The number of nitrogens with one attached hydrogen (secondary N) is 1. The van der Waals surface area contributed by atoms with E-state index in [1.165, 1.54) is 11.1 Å². The van der Waals surface area contributed by atoms with Crippen molar-refractivity contribution in [2.24, 2.45) is 5.92 Å². The van der Waals surface area contributed by atoms with E-state index in [2.05, 4.69) is 57.3 Å². The lowest BCUT2D eigenvalue weighted by atomic mass is 9.86. The van der Waals surface area contributed by atoms with Gasteiger partial charge >= 0.3 is 0 Å². The molecule has 1 aliphatic rings. The van der Waals surface area contributed by atoms with Crippen LogP contribution in [0.5, 0.6) is 0 Å². The summed E-state index contributed by atoms with van der Waals surface area (Å²) in [5, 5.41) is 3.67. The van der Waals surface area contributed by atoms with E-state index in [1.54, 1.807) is 6.92 Å². The number of amides is 1. The molecule has 0 aliphatic carbocycles. The highest BCUT2D eigenvalue weighted by Gasteiger charge is 2.26. The SMILES string of the molecule is CC(=O)N1CC[C@H](NCc2ccc(C(C)(C)C)cc2)[C@H](C)C1. The molecule has 2 atom stereocenters. The van der Waals surface area contributed by atoms with Crippen LogP contribution >= 0.6 is 0 Å². The fourth-order valence-electron chi connectivity index (χ4n) is 3.11. The van der Waals surface area contributed by atoms with E-state index in [9.17, 15) is 4.79 Å². The zero-order valence-corrected chi connectivity index (χ0v) is 14.6. The summed E-state index contributed by atoms with van der Waals surface area (Å²) >= 11 is 0. The van der Waals surface area contributed by atoms with Crippen molar-refractivity contribution in [2.75, 3.05) is 13.1 Å². The molecule has 122 valence electrons. The van der Waals surface area contributed by atoms with Crippen molar-refractivity contribution in [3.8, 4) is 0 Å². The number of piperidine rings is 1. The van der Waals surface area contributed by atoms with Crippen LogP contribution < -0.4 is 5.32 Å². The van der Waals surface area contributed by atoms with Gasteiger partial charge in [0, 0.05) is 32.6 Å². The molecular weight excluding hydrogens is 272 g/mol. The molecule has 0 saturated carbocycles. The van der Waals surface area contributed by atoms with E-state index in [4.69, 9.17) is 0 Å². The molecule has 0 radical (unpaired) electrons. The summed E-state index contributed by atoms with van der Waals surface area (Å²) in [5.41, 5.74) is 2.91. The van der Waals surface area contributed by atoms with Gasteiger partial charge in [-0.3, -0.25) is 4.79 Å². The second-order valence-electron chi connectivity index (χ2n) is 7.67. The largest absolute Gasteiger partial charge is 0.343 e. The Kier molecular flexibility index (Phi) is 5.28. The van der Waals surface area contributed by atoms with E-state index in [1.807, 2.05) is 4.90 Å². The van der Waals surface area contributed by atoms with Crippen molar-refractivity contribution in [2.45, 2.75) is 59.0 Å². The summed E-state index contributed by atoms with van der Waals surface area (Å²) in [7, 11) is 0. The van der Waals surface area contributed by atoms with Gasteiger partial charge in [-0.1, -0.05) is 52.0 Å². The third kappa shape index (κ3) is 4.33. The lowest BCUT2D eigenvalue weighted by Crippen LogP contribution is -2.49. The first-order chi connectivity index (χ1) is 10.3. The predicted octanol–water partition coefficient (Wildman–Crippen LogP) is 3.33. The van der Waals surface area contributed by atoms with Gasteiger partial charge in [-0.25, -0.2) is 0 Å². The van der Waals surface area contributed by atoms with E-state index >= 15 is 0 Å². The second-order valence-corrected chi connectivity index (χ2v) is 7.67. The smallest absolute Gasteiger partial charge is 0.219 e. The Bertz CT molecular complexity index is 501. The Morgan fingerprint density at radius 3 is 2.41 bits per heavy atom. The van der Waals surface area contributed by atoms with Gasteiger partial charge in [0.25, 0.3) is 0 Å². The van der Waals surface area contributed by atoms with Crippen molar-refractivity contribution in [1.29, 1.82) is 0 Å². The standard InChI is InChI=1S/C19H30N2O/c1-14-13-21(15(2)22)11-10-18(14)20-12-16-6-8-17(9-7-16)19(3,4)5/h6-9,14,18,20H,10-13H2,1-5H3/t14-,18+/m1/s1. The Hall–Kier alpha value is -1.35. The van der Waals surface area contributed by atoms with Gasteiger partial charge in [-0.15, -0.1) is 0 Å². The number of nitrogens with zero attached hydrogens (tertiary/aromatic N) is 1. The van der Waals surface area contributed by atoms with Crippen LogP contribution in [0.4, 0.5) is 0 Å². The molecule has 22 heavy (non-hydrogen) atoms. The van der Waals surface area contributed by atoms with Gasteiger partial charge in [0.15, 0.2) is 0 Å². The van der Waals surface area contributed by atoms with E-state index in [0.717, 1.165) is 26.1 Å². The first kappa shape index (κ1) is 17.0. The Balaban J connectivity index is 1.87. The first-order valence-corrected chi connectivity index (χ1v) is 8.35. The summed E-state index contributed by atoms with van der Waals surface area (Å²) in [6.45, 7) is 13.3. The average Bonchev–Trinajstić information content (AvgIpc) is 2.45. The zero-order valence-electron chi connectivity index (χ0n) is 14.6. The number of likely N-dealkylation sites (tertiary alicyclic amines) is 1. The minimum atomic E-state index is 0.197. The molecule has 1 aliphatic heterocycles. The van der Waals surface area contributed by atoms with Crippen LogP contribution in [0.1, 0.15) is 52.2 Å². The van der Waals surface area contributed by atoms with Gasteiger partial charge in [0.2, 0.25) is 5.91 Å². The molecular formula is C19H30N2O. The summed E-state index contributed by atoms with van der Waals surface area (Å²) in [6.07, 6.45) is 1.04. The maximum Gasteiger partial charge on any atom is 0.219 e. The molecule has 1 amide bonds. The van der Waals surface area contributed by atoms with E-state index in [0.29, 0.717) is 12.0 Å². The number of hydrogen-bond donors (Lipinski definition) is 1. The third-order valence-electron chi connectivity index (χ3n) is 4.74. The molecule has 1 aromatic rings. The van der Waals surface area contributed by atoms with Crippen LogP contribution in [-0.2, 0) is 16.8 Å². The van der Waals surface area contributed by atoms with Gasteiger partial charge in [0.1, 0.15) is 0 Å². The van der Waals surface area contributed by atoms with E-state index < -0.39 is 0 Å². The molecule has 0 aromatic heterocycles. The minimum Gasteiger partial charge on any atom is -0.343 e. The zero-order chi connectivity index (χ0) is 16.3. The van der Waals surface area contributed by atoms with Crippen LogP contribution in [0.3, 0.4) is 0 Å². The number of carbonyl (C=O) groups is 1. The van der Waals surface area contributed by atoms with Gasteiger partial charge in [-0.05, 0) is 28.9 Å². The maximum atomic E-state index is 11.4. The van der Waals surface area contributed by atoms with Crippen LogP contribution in [0.25, 0.3) is 0 Å². The number of rotatable bonds is 3. The summed E-state index contributed by atoms with van der Waals surface area (Å²) in [4.78, 5) is 13.4. The molecule has 0 unspecified atom stereocenters. The molecule has 0 bridgehead atoms. The monoisotopic (exact) mass is 302 g/mol. The van der Waals surface area contributed by atoms with E-state index in [-0.39, 0.29) is 11.3 Å². The maximum absolute atomic E-state index is 11.4. The molecule has 2 rings (SSSR count). The van der Waals surface area contributed by atoms with Gasteiger partial charge in [0.05, 0.1) is 0 Å². The van der Waals surface area contributed by atoms with Crippen LogP contribution in [0.2, 0.25) is 0 Å². The predicted molar refractivity (Wildman–Crippen MR) is 91.8 cm³/mol. The second kappa shape index (κ2) is 6.82. The fourth-order valence-corrected chi connectivity index (χ4v) is 3.11. The molecule has 1 saturated heterocycles. The molecule has 1 N–H and O–H groups in total. The lowest BCUT2D eigenvalue weighted by Gasteiger charge is -2.37. The number of carbonyl (C=O) groups excluding carboxylic acids is 1. The Morgan fingerprint density at radius 1 is 1.27 bits per heavy atom. The van der Waals surface area contributed by atoms with Crippen molar-refractivity contribution < 1.29 is 4.79 Å². The normalized spacial score (nSPS) is 22.7.